The summed E-state index contributed by atoms with van der Waals surface area (Å²) in [4.78, 5) is -0.357. The van der Waals surface area contributed by atoms with Crippen LogP contribution in [0.15, 0.2) is 71.6 Å². The van der Waals surface area contributed by atoms with Gasteiger partial charge in [0.2, 0.25) is 0 Å². The molecule has 1 saturated carbocycles. The van der Waals surface area contributed by atoms with Crippen molar-refractivity contribution in [2.75, 3.05) is 6.26 Å². The quantitative estimate of drug-likeness (QED) is 0.215. The highest BCUT2D eigenvalue weighted by atomic mass is 32.2. The number of sulfone groups is 1. The summed E-state index contributed by atoms with van der Waals surface area (Å²) in [5, 5.41) is 0. The Hall–Kier alpha value is -2.95. The van der Waals surface area contributed by atoms with Crippen molar-refractivity contribution < 1.29 is 56.9 Å². The van der Waals surface area contributed by atoms with E-state index in [0.29, 0.717) is 24.3 Å². The van der Waals surface area contributed by atoms with Crippen LogP contribution in [0.4, 0.5) is 39.5 Å². The lowest BCUT2D eigenvalue weighted by molar-refractivity contribution is -0.392. The van der Waals surface area contributed by atoms with Gasteiger partial charge in [-0.25, -0.2) is 30.5 Å². The molecule has 3 aromatic rings. The molecule has 0 heterocycles. The summed E-state index contributed by atoms with van der Waals surface area (Å²) in [7, 11) is -6.01. The SMILES string of the molecule is CS(=O)NC1CC(c2ccc(C(OCc3c(F)cccc3F)(C(F)(F)F)C(F)(F)F)cc2)(S(=O)(=O)c2ccc(F)cc2)C1. The average molecular weight is 660 g/mol. The fourth-order valence-electron chi connectivity index (χ4n) is 5.10. The van der Waals surface area contributed by atoms with Gasteiger partial charge >= 0.3 is 12.4 Å². The largest absolute Gasteiger partial charge is 0.430 e. The molecule has 5 nitrogen and oxygen atoms in total. The van der Waals surface area contributed by atoms with E-state index in [9.17, 15) is 52.1 Å². The first-order chi connectivity index (χ1) is 19.9. The van der Waals surface area contributed by atoms with E-state index >= 15 is 0 Å². The van der Waals surface area contributed by atoms with Crippen LogP contribution in [0.5, 0.6) is 0 Å². The molecule has 1 aliphatic rings. The summed E-state index contributed by atoms with van der Waals surface area (Å²) < 4.78 is 171. The number of hydrogen-bond donors (Lipinski definition) is 1. The van der Waals surface area contributed by atoms with Crippen LogP contribution in [-0.4, -0.2) is 37.3 Å². The van der Waals surface area contributed by atoms with Gasteiger partial charge in [-0.1, -0.05) is 30.3 Å². The molecule has 0 aromatic heterocycles. The van der Waals surface area contributed by atoms with Crippen molar-refractivity contribution in [1.29, 1.82) is 0 Å². The van der Waals surface area contributed by atoms with Crippen molar-refractivity contribution in [3.63, 3.8) is 0 Å². The maximum atomic E-state index is 14.3. The second-order valence-electron chi connectivity index (χ2n) is 9.87. The molecule has 0 radical (unpaired) electrons. The van der Waals surface area contributed by atoms with E-state index in [-0.39, 0.29) is 23.3 Å². The Balaban J connectivity index is 1.81. The van der Waals surface area contributed by atoms with Gasteiger partial charge < -0.3 is 4.74 Å². The van der Waals surface area contributed by atoms with E-state index in [1.165, 1.54) is 6.26 Å². The molecule has 0 aliphatic heterocycles. The fraction of sp³-hybridized carbons (Fsp3) is 0.333. The third kappa shape index (κ3) is 5.81. The summed E-state index contributed by atoms with van der Waals surface area (Å²) in [6, 6.07) is 7.44. The van der Waals surface area contributed by atoms with Gasteiger partial charge in [-0.15, -0.1) is 0 Å². The number of halogens is 9. The zero-order chi connectivity index (χ0) is 32.0. The van der Waals surface area contributed by atoms with Crippen LogP contribution < -0.4 is 4.72 Å². The Bertz CT molecular complexity index is 1570. The topological polar surface area (TPSA) is 72.5 Å². The first-order valence-corrected chi connectivity index (χ1v) is 15.3. The number of nitrogens with one attached hydrogen (secondary N) is 1. The van der Waals surface area contributed by atoms with Crippen LogP contribution in [0.2, 0.25) is 0 Å². The van der Waals surface area contributed by atoms with Crippen LogP contribution in [0.1, 0.15) is 29.5 Å². The molecule has 1 atom stereocenters. The summed E-state index contributed by atoms with van der Waals surface area (Å²) in [6.45, 7) is -1.75. The van der Waals surface area contributed by atoms with Gasteiger partial charge in [-0.2, -0.15) is 26.3 Å². The van der Waals surface area contributed by atoms with E-state index < -0.39 is 84.8 Å². The maximum absolute atomic E-state index is 14.3. The van der Waals surface area contributed by atoms with E-state index in [2.05, 4.69) is 9.46 Å². The monoisotopic (exact) mass is 659 g/mol. The van der Waals surface area contributed by atoms with E-state index in [1.807, 2.05) is 0 Å². The number of alkyl halides is 6. The molecule has 0 spiro atoms. The lowest BCUT2D eigenvalue weighted by Gasteiger charge is -2.47. The molecule has 0 saturated heterocycles. The predicted molar refractivity (Wildman–Crippen MR) is 137 cm³/mol. The van der Waals surface area contributed by atoms with Crippen LogP contribution in [-0.2, 0) is 42.5 Å². The number of hydrogen-bond acceptors (Lipinski definition) is 4. The average Bonchev–Trinajstić information content (AvgIpc) is 2.86. The van der Waals surface area contributed by atoms with Crippen LogP contribution >= 0.6 is 0 Å². The third-order valence-electron chi connectivity index (χ3n) is 7.23. The van der Waals surface area contributed by atoms with E-state index in [0.717, 1.165) is 42.5 Å². The third-order valence-corrected chi connectivity index (χ3v) is 10.4. The van der Waals surface area contributed by atoms with Crippen molar-refractivity contribution in [3.8, 4) is 0 Å². The first kappa shape index (κ1) is 33.0. The summed E-state index contributed by atoms with van der Waals surface area (Å²) in [5.41, 5.74) is -7.94. The van der Waals surface area contributed by atoms with Gasteiger partial charge in [0, 0.05) is 23.4 Å². The minimum absolute atomic E-state index is 0.195. The second kappa shape index (κ2) is 11.5. The zero-order valence-electron chi connectivity index (χ0n) is 21.9. The van der Waals surface area contributed by atoms with E-state index in [1.54, 1.807) is 0 Å². The molecule has 3 aromatic carbocycles. The molecule has 43 heavy (non-hydrogen) atoms. The van der Waals surface area contributed by atoms with Gasteiger partial charge in [0.05, 0.1) is 22.5 Å². The highest BCUT2D eigenvalue weighted by Gasteiger charge is 2.73. The minimum atomic E-state index is -6.19. The maximum Gasteiger partial charge on any atom is 0.430 e. The molecule has 1 fully saturated rings. The lowest BCUT2D eigenvalue weighted by Crippen LogP contribution is -2.56. The molecule has 16 heteroatoms. The van der Waals surface area contributed by atoms with Crippen LogP contribution in [0, 0.1) is 17.5 Å². The highest BCUT2D eigenvalue weighted by molar-refractivity contribution is 7.92. The molecule has 0 amide bonds. The number of ether oxygens (including phenoxy) is 1. The Morgan fingerprint density at radius 1 is 0.860 bits per heavy atom. The molecule has 0 bridgehead atoms. The van der Waals surface area contributed by atoms with Gasteiger partial charge in [-0.05, 0) is 54.8 Å². The Morgan fingerprint density at radius 3 is 1.84 bits per heavy atom. The Labute approximate surface area is 242 Å². The van der Waals surface area contributed by atoms with Gasteiger partial charge in [0.25, 0.3) is 5.60 Å². The zero-order valence-corrected chi connectivity index (χ0v) is 23.5. The standard InChI is InChI=1S/C27H22F9NO4S2/c1-42(38)37-19-13-24(14-19,43(39,40)20-11-9-18(28)10-12-20)16-5-7-17(8-6-16)25(26(31,32)33,27(34,35)36)41-15-21-22(29)3-2-4-23(21)30/h2-12,19,37H,13-15H2,1H3. The first-order valence-electron chi connectivity index (χ1n) is 12.3. The summed E-state index contributed by atoms with van der Waals surface area (Å²) in [6.07, 6.45) is -11.6. The molecule has 234 valence electrons. The molecule has 1 N–H and O–H groups in total. The molecule has 1 aliphatic carbocycles. The Morgan fingerprint density at radius 2 is 1.37 bits per heavy atom. The predicted octanol–water partition coefficient (Wildman–Crippen LogP) is 6.36. The molecular weight excluding hydrogens is 637 g/mol. The van der Waals surface area contributed by atoms with Crippen molar-refractivity contribution >= 4 is 20.8 Å². The van der Waals surface area contributed by atoms with Gasteiger partial charge in [0.15, 0.2) is 9.84 Å². The van der Waals surface area contributed by atoms with Crippen LogP contribution in [0.3, 0.4) is 0 Å². The lowest BCUT2D eigenvalue weighted by atomic mass is 9.74. The summed E-state index contributed by atoms with van der Waals surface area (Å²) >= 11 is 0. The number of benzene rings is 3. The van der Waals surface area contributed by atoms with Crippen molar-refractivity contribution in [3.05, 3.63) is 101 Å². The van der Waals surface area contributed by atoms with Crippen LogP contribution in [0.25, 0.3) is 0 Å². The van der Waals surface area contributed by atoms with Crippen molar-refractivity contribution in [2.24, 2.45) is 0 Å². The van der Waals surface area contributed by atoms with E-state index in [4.69, 9.17) is 0 Å². The van der Waals surface area contributed by atoms with Crippen molar-refractivity contribution in [1.82, 2.24) is 4.72 Å². The number of rotatable bonds is 9. The minimum Gasteiger partial charge on any atom is -0.349 e. The summed E-state index contributed by atoms with van der Waals surface area (Å²) in [5.74, 6) is -3.61. The fourth-order valence-corrected chi connectivity index (χ4v) is 7.97. The van der Waals surface area contributed by atoms with Crippen molar-refractivity contribution in [2.45, 2.75) is 53.1 Å². The van der Waals surface area contributed by atoms with Gasteiger partial charge in [-0.3, -0.25) is 0 Å². The smallest absolute Gasteiger partial charge is 0.349 e. The molecule has 1 unspecified atom stereocenters. The Kier molecular flexibility index (Phi) is 8.83. The highest BCUT2D eigenvalue weighted by Crippen LogP contribution is 2.55. The molecule has 4 rings (SSSR count). The normalized spacial score (nSPS) is 20.5. The van der Waals surface area contributed by atoms with Gasteiger partial charge in [0.1, 0.15) is 22.2 Å². The second-order valence-corrected chi connectivity index (χ2v) is 13.3. The molecular formula is C27H22F9NO4S2.